The van der Waals surface area contributed by atoms with E-state index in [1.54, 1.807) is 5.01 Å². The van der Waals surface area contributed by atoms with Crippen molar-refractivity contribution in [1.29, 1.82) is 0 Å². The van der Waals surface area contributed by atoms with Crippen LogP contribution in [0.2, 0.25) is 0 Å². The largest absolute Gasteiger partial charge is 0.342 e. The van der Waals surface area contributed by atoms with Crippen molar-refractivity contribution in [1.82, 2.24) is 15.8 Å². The molecular weight excluding hydrogens is 146 g/mol. The number of hydrogen-bond acceptors (Lipinski definition) is 3. The first kappa shape index (κ1) is 8.00. The van der Waals surface area contributed by atoms with Crippen LogP contribution in [0.1, 0.15) is 12.8 Å². The molecule has 2 N–H and O–H groups in total. The van der Waals surface area contributed by atoms with Crippen molar-refractivity contribution in [3.63, 3.8) is 0 Å². The number of nitrogens with one attached hydrogen (secondary N) is 2. The number of carbonyl (C=O) groups excluding carboxylic acids is 2. The highest BCUT2D eigenvalue weighted by molar-refractivity contribution is 5.47. The van der Waals surface area contributed by atoms with Gasteiger partial charge in [0.05, 0.1) is 6.17 Å². The second-order valence-electron chi connectivity index (χ2n) is 2.38. The molecule has 1 fully saturated rings. The van der Waals surface area contributed by atoms with Gasteiger partial charge in [-0.25, -0.2) is 0 Å². The van der Waals surface area contributed by atoms with Gasteiger partial charge < -0.3 is 5.32 Å². The molecule has 1 rings (SSSR count). The predicted octanol–water partition coefficient (Wildman–Crippen LogP) is -1.18. The molecule has 0 aliphatic carbocycles. The highest BCUT2D eigenvalue weighted by atomic mass is 16.1. The van der Waals surface area contributed by atoms with E-state index in [1.807, 2.05) is 0 Å². The summed E-state index contributed by atoms with van der Waals surface area (Å²) in [5, 5.41) is 4.31. The van der Waals surface area contributed by atoms with Crippen LogP contribution >= 0.6 is 0 Å². The predicted molar refractivity (Wildman–Crippen MR) is 38.1 cm³/mol. The van der Waals surface area contributed by atoms with E-state index in [2.05, 4.69) is 10.7 Å². The van der Waals surface area contributed by atoms with Crippen LogP contribution in [0.5, 0.6) is 0 Å². The van der Waals surface area contributed by atoms with Crippen molar-refractivity contribution in [2.45, 2.75) is 19.0 Å². The second-order valence-corrected chi connectivity index (χ2v) is 2.38. The van der Waals surface area contributed by atoms with Crippen LogP contribution in [0.4, 0.5) is 0 Å². The Morgan fingerprint density at radius 2 is 2.18 bits per heavy atom. The third-order valence-corrected chi connectivity index (χ3v) is 1.73. The molecule has 1 unspecified atom stereocenters. The van der Waals surface area contributed by atoms with Gasteiger partial charge in [-0.1, -0.05) is 0 Å². The van der Waals surface area contributed by atoms with Gasteiger partial charge in [-0.05, 0) is 12.8 Å². The van der Waals surface area contributed by atoms with E-state index in [0.717, 1.165) is 19.4 Å². The summed E-state index contributed by atoms with van der Waals surface area (Å²) in [6.07, 6.45) is 3.12. The van der Waals surface area contributed by atoms with Gasteiger partial charge in [0, 0.05) is 6.54 Å². The zero-order chi connectivity index (χ0) is 8.10. The standard InChI is InChI=1S/C6H11N3O2/c10-4-7-6-2-1-3-9(6)8-5-11/h4-6H,1-3H2,(H,7,10)(H,8,11). The fourth-order valence-corrected chi connectivity index (χ4v) is 1.24. The molecule has 62 valence electrons. The van der Waals surface area contributed by atoms with Crippen LogP contribution in [0.25, 0.3) is 0 Å². The molecule has 0 aromatic carbocycles. The van der Waals surface area contributed by atoms with Crippen LogP contribution in [0.15, 0.2) is 0 Å². The van der Waals surface area contributed by atoms with Crippen LogP contribution in [0.3, 0.4) is 0 Å². The van der Waals surface area contributed by atoms with Gasteiger partial charge in [0.25, 0.3) is 0 Å². The minimum absolute atomic E-state index is 0.0299. The molecule has 1 atom stereocenters. The fourth-order valence-electron chi connectivity index (χ4n) is 1.24. The molecule has 0 aromatic heterocycles. The van der Waals surface area contributed by atoms with Gasteiger partial charge in [0.15, 0.2) is 0 Å². The van der Waals surface area contributed by atoms with Crippen molar-refractivity contribution in [2.24, 2.45) is 0 Å². The summed E-state index contributed by atoms with van der Waals surface area (Å²) in [5.74, 6) is 0. The first-order valence-corrected chi connectivity index (χ1v) is 3.54. The van der Waals surface area contributed by atoms with Crippen molar-refractivity contribution < 1.29 is 9.59 Å². The van der Waals surface area contributed by atoms with Crippen LogP contribution in [0, 0.1) is 0 Å². The molecule has 2 amide bonds. The van der Waals surface area contributed by atoms with E-state index in [4.69, 9.17) is 0 Å². The molecule has 0 saturated carbocycles. The first-order chi connectivity index (χ1) is 5.38. The van der Waals surface area contributed by atoms with Crippen molar-refractivity contribution in [2.75, 3.05) is 6.54 Å². The van der Waals surface area contributed by atoms with Gasteiger partial charge >= 0.3 is 0 Å². The lowest BCUT2D eigenvalue weighted by atomic mass is 10.3. The van der Waals surface area contributed by atoms with Crippen molar-refractivity contribution in [3.05, 3.63) is 0 Å². The maximum absolute atomic E-state index is 10.1. The molecule has 11 heavy (non-hydrogen) atoms. The van der Waals surface area contributed by atoms with Crippen LogP contribution in [-0.2, 0) is 9.59 Å². The first-order valence-electron chi connectivity index (χ1n) is 3.54. The van der Waals surface area contributed by atoms with E-state index >= 15 is 0 Å². The maximum Gasteiger partial charge on any atom is 0.221 e. The smallest absolute Gasteiger partial charge is 0.221 e. The Kier molecular flexibility index (Phi) is 2.85. The van der Waals surface area contributed by atoms with Gasteiger partial charge in [-0.2, -0.15) is 5.01 Å². The monoisotopic (exact) mass is 157 g/mol. The Balaban J connectivity index is 2.36. The second kappa shape index (κ2) is 3.92. The zero-order valence-corrected chi connectivity index (χ0v) is 6.12. The van der Waals surface area contributed by atoms with Crippen LogP contribution < -0.4 is 10.7 Å². The van der Waals surface area contributed by atoms with Gasteiger partial charge in [-0.3, -0.25) is 15.0 Å². The molecular formula is C6H11N3O2. The normalized spacial score (nSPS) is 24.5. The lowest BCUT2D eigenvalue weighted by molar-refractivity contribution is -0.117. The quantitative estimate of drug-likeness (QED) is 0.505. The minimum Gasteiger partial charge on any atom is -0.342 e. The van der Waals surface area contributed by atoms with E-state index in [9.17, 15) is 9.59 Å². The third-order valence-electron chi connectivity index (χ3n) is 1.73. The van der Waals surface area contributed by atoms with E-state index < -0.39 is 0 Å². The molecule has 0 spiro atoms. The molecule has 0 aromatic rings. The Morgan fingerprint density at radius 3 is 2.82 bits per heavy atom. The number of nitrogens with zero attached hydrogens (tertiary/aromatic N) is 1. The fraction of sp³-hybridized carbons (Fsp3) is 0.667. The van der Waals surface area contributed by atoms with Crippen molar-refractivity contribution in [3.8, 4) is 0 Å². The molecule has 1 aliphatic rings. The summed E-state index contributed by atoms with van der Waals surface area (Å²) in [5.41, 5.74) is 2.51. The summed E-state index contributed by atoms with van der Waals surface area (Å²) in [6.45, 7) is 0.796. The van der Waals surface area contributed by atoms with E-state index in [0.29, 0.717) is 12.8 Å². The molecule has 5 nitrogen and oxygen atoms in total. The minimum atomic E-state index is -0.0299. The number of amides is 2. The summed E-state index contributed by atoms with van der Waals surface area (Å²) in [7, 11) is 0. The summed E-state index contributed by atoms with van der Waals surface area (Å²) in [6, 6.07) is 0. The Labute approximate surface area is 64.7 Å². The van der Waals surface area contributed by atoms with Gasteiger partial charge in [0.2, 0.25) is 12.8 Å². The zero-order valence-electron chi connectivity index (χ0n) is 6.12. The summed E-state index contributed by atoms with van der Waals surface area (Å²) in [4.78, 5) is 20.1. The Hall–Kier alpha value is -1.10. The number of carbonyl (C=O) groups is 2. The van der Waals surface area contributed by atoms with E-state index in [1.165, 1.54) is 0 Å². The number of hydrazine groups is 1. The average molecular weight is 157 g/mol. The Bertz CT molecular complexity index is 135. The summed E-state index contributed by atoms with van der Waals surface area (Å²) >= 11 is 0. The highest BCUT2D eigenvalue weighted by Crippen LogP contribution is 2.10. The maximum atomic E-state index is 10.1. The third kappa shape index (κ3) is 1.91. The number of rotatable bonds is 4. The Morgan fingerprint density at radius 1 is 1.36 bits per heavy atom. The molecule has 0 bridgehead atoms. The number of hydrogen-bond donors (Lipinski definition) is 2. The lowest BCUT2D eigenvalue weighted by Crippen LogP contribution is -2.47. The lowest BCUT2D eigenvalue weighted by Gasteiger charge is -2.21. The van der Waals surface area contributed by atoms with Gasteiger partial charge in [0.1, 0.15) is 0 Å². The summed E-state index contributed by atoms with van der Waals surface area (Å²) < 4.78 is 0. The molecule has 1 saturated heterocycles. The van der Waals surface area contributed by atoms with Gasteiger partial charge in [-0.15, -0.1) is 0 Å². The average Bonchev–Trinajstić information content (AvgIpc) is 2.39. The molecule has 5 heteroatoms. The van der Waals surface area contributed by atoms with Crippen LogP contribution in [-0.4, -0.2) is 30.5 Å². The van der Waals surface area contributed by atoms with Crippen molar-refractivity contribution >= 4 is 12.8 Å². The molecule has 1 heterocycles. The highest BCUT2D eigenvalue weighted by Gasteiger charge is 2.22. The topological polar surface area (TPSA) is 61.4 Å². The SMILES string of the molecule is O=CNC1CCCN1NC=O. The molecule has 0 radical (unpaired) electrons. The van der Waals surface area contributed by atoms with E-state index in [-0.39, 0.29) is 6.17 Å². The molecule has 1 aliphatic heterocycles.